The van der Waals surface area contributed by atoms with Gasteiger partial charge in [0.1, 0.15) is 23.9 Å². The van der Waals surface area contributed by atoms with Gasteiger partial charge in [-0.3, -0.25) is 4.98 Å². The smallest absolute Gasteiger partial charge is 0.212 e. The van der Waals surface area contributed by atoms with Gasteiger partial charge in [-0.25, -0.2) is 9.97 Å². The van der Waals surface area contributed by atoms with Crippen molar-refractivity contribution in [1.29, 1.82) is 0 Å². The average Bonchev–Trinajstić information content (AvgIpc) is 3.22. The van der Waals surface area contributed by atoms with Gasteiger partial charge in [-0.2, -0.15) is 4.39 Å². The lowest BCUT2D eigenvalue weighted by atomic mass is 10.1. The van der Waals surface area contributed by atoms with Crippen molar-refractivity contribution >= 4 is 0 Å². The van der Waals surface area contributed by atoms with Crippen LogP contribution in [0.3, 0.4) is 0 Å². The summed E-state index contributed by atoms with van der Waals surface area (Å²) in [6, 6.07) is 14.3. The standard InChI is InChI=1S/C22H19FN4O2/c1-14-4-3-5-16(26-14)13-29-17-7-8-18(20(10-17)28-2)19-12-25-22(27-19)15-6-9-21(23)24-11-15/h3-12H,13H2,1-2H3,(H,25,27). The number of aromatic nitrogens is 4. The summed E-state index contributed by atoms with van der Waals surface area (Å²) in [5.41, 5.74) is 4.11. The fraction of sp³-hybridized carbons (Fsp3) is 0.136. The highest BCUT2D eigenvalue weighted by molar-refractivity contribution is 5.70. The van der Waals surface area contributed by atoms with Crippen LogP contribution >= 0.6 is 0 Å². The van der Waals surface area contributed by atoms with Gasteiger partial charge < -0.3 is 14.5 Å². The molecule has 7 heteroatoms. The van der Waals surface area contributed by atoms with Gasteiger partial charge in [0.2, 0.25) is 5.95 Å². The molecule has 146 valence electrons. The number of hydrogen-bond acceptors (Lipinski definition) is 5. The molecule has 3 aromatic heterocycles. The Bertz CT molecular complexity index is 1130. The maximum Gasteiger partial charge on any atom is 0.212 e. The van der Waals surface area contributed by atoms with E-state index in [9.17, 15) is 4.39 Å². The predicted molar refractivity (Wildman–Crippen MR) is 107 cm³/mol. The molecule has 0 spiro atoms. The van der Waals surface area contributed by atoms with E-state index in [1.165, 1.54) is 12.3 Å². The number of benzene rings is 1. The van der Waals surface area contributed by atoms with Gasteiger partial charge in [0.05, 0.1) is 24.7 Å². The first kappa shape index (κ1) is 18.6. The maximum atomic E-state index is 13.0. The molecule has 0 bridgehead atoms. The molecule has 0 saturated carbocycles. The summed E-state index contributed by atoms with van der Waals surface area (Å²) >= 11 is 0. The maximum absolute atomic E-state index is 13.0. The van der Waals surface area contributed by atoms with Crippen molar-refractivity contribution in [3.8, 4) is 34.1 Å². The lowest BCUT2D eigenvalue weighted by Crippen LogP contribution is -1.99. The van der Waals surface area contributed by atoms with Crippen LogP contribution in [0.2, 0.25) is 0 Å². The van der Waals surface area contributed by atoms with Crippen molar-refractivity contribution in [3.05, 3.63) is 78.3 Å². The molecule has 1 aromatic carbocycles. The SMILES string of the molecule is COc1cc(OCc2cccc(C)n2)ccc1-c1cnc(-c2ccc(F)nc2)[nH]1. The minimum atomic E-state index is -0.529. The predicted octanol–water partition coefficient (Wildman–Crippen LogP) is 4.57. The Balaban J connectivity index is 1.54. The molecule has 0 amide bonds. The van der Waals surface area contributed by atoms with Crippen LogP contribution in [0.15, 0.2) is 60.9 Å². The number of rotatable bonds is 6. The van der Waals surface area contributed by atoms with Crippen molar-refractivity contribution < 1.29 is 13.9 Å². The second-order valence-electron chi connectivity index (χ2n) is 6.44. The summed E-state index contributed by atoms with van der Waals surface area (Å²) < 4.78 is 24.4. The van der Waals surface area contributed by atoms with E-state index in [2.05, 4.69) is 19.9 Å². The van der Waals surface area contributed by atoms with Crippen molar-refractivity contribution in [2.75, 3.05) is 7.11 Å². The first-order valence-corrected chi connectivity index (χ1v) is 9.03. The zero-order valence-electron chi connectivity index (χ0n) is 16.0. The average molecular weight is 390 g/mol. The molecule has 0 unspecified atom stereocenters. The summed E-state index contributed by atoms with van der Waals surface area (Å²) in [4.78, 5) is 15.7. The first-order valence-electron chi connectivity index (χ1n) is 9.03. The molecule has 3 heterocycles. The monoisotopic (exact) mass is 390 g/mol. The Morgan fingerprint density at radius 1 is 1.03 bits per heavy atom. The van der Waals surface area contributed by atoms with Gasteiger partial charge >= 0.3 is 0 Å². The van der Waals surface area contributed by atoms with Gasteiger partial charge in [-0.15, -0.1) is 0 Å². The van der Waals surface area contributed by atoms with Crippen molar-refractivity contribution in [1.82, 2.24) is 19.9 Å². The van der Waals surface area contributed by atoms with Crippen LogP contribution in [0, 0.1) is 12.9 Å². The number of pyridine rings is 2. The summed E-state index contributed by atoms with van der Waals surface area (Å²) in [5, 5.41) is 0. The van der Waals surface area contributed by atoms with Gasteiger partial charge in [-0.1, -0.05) is 6.07 Å². The van der Waals surface area contributed by atoms with Crippen LogP contribution in [0.4, 0.5) is 4.39 Å². The number of imidazole rings is 1. The molecular formula is C22H19FN4O2. The Morgan fingerprint density at radius 2 is 1.93 bits per heavy atom. The van der Waals surface area contributed by atoms with E-state index in [0.29, 0.717) is 29.5 Å². The Morgan fingerprint density at radius 3 is 2.69 bits per heavy atom. The summed E-state index contributed by atoms with van der Waals surface area (Å²) in [6.07, 6.45) is 3.14. The molecule has 0 saturated heterocycles. The minimum Gasteiger partial charge on any atom is -0.496 e. The third kappa shape index (κ3) is 4.24. The van der Waals surface area contributed by atoms with Crippen LogP contribution < -0.4 is 9.47 Å². The Kier molecular flexibility index (Phi) is 5.20. The highest BCUT2D eigenvalue weighted by Gasteiger charge is 2.12. The highest BCUT2D eigenvalue weighted by Crippen LogP contribution is 2.33. The molecule has 0 fully saturated rings. The molecule has 0 aliphatic rings. The molecule has 4 aromatic rings. The third-order valence-corrected chi connectivity index (χ3v) is 4.37. The van der Waals surface area contributed by atoms with Crippen molar-refractivity contribution in [3.63, 3.8) is 0 Å². The molecule has 0 atom stereocenters. The topological polar surface area (TPSA) is 72.9 Å². The quantitative estimate of drug-likeness (QED) is 0.488. The molecular weight excluding hydrogens is 371 g/mol. The van der Waals surface area contributed by atoms with Crippen LogP contribution in [0.1, 0.15) is 11.4 Å². The second kappa shape index (κ2) is 8.10. The van der Waals surface area contributed by atoms with Gasteiger partial charge in [0.15, 0.2) is 0 Å². The van der Waals surface area contributed by atoms with Gasteiger partial charge in [0.25, 0.3) is 0 Å². The molecule has 29 heavy (non-hydrogen) atoms. The zero-order valence-corrected chi connectivity index (χ0v) is 16.0. The largest absolute Gasteiger partial charge is 0.496 e. The van der Waals surface area contributed by atoms with E-state index < -0.39 is 5.95 Å². The number of aryl methyl sites for hydroxylation is 1. The van der Waals surface area contributed by atoms with E-state index in [4.69, 9.17) is 9.47 Å². The van der Waals surface area contributed by atoms with E-state index in [-0.39, 0.29) is 0 Å². The number of ether oxygens (including phenoxy) is 2. The van der Waals surface area contributed by atoms with Crippen LogP contribution in [-0.2, 0) is 6.61 Å². The molecule has 4 rings (SSSR count). The lowest BCUT2D eigenvalue weighted by molar-refractivity contribution is 0.299. The first-order chi connectivity index (χ1) is 14.1. The van der Waals surface area contributed by atoms with E-state index in [1.807, 2.05) is 43.3 Å². The number of aromatic amines is 1. The van der Waals surface area contributed by atoms with Gasteiger partial charge in [0, 0.05) is 29.1 Å². The van der Waals surface area contributed by atoms with E-state index in [0.717, 1.165) is 22.6 Å². The number of nitrogens with one attached hydrogen (secondary N) is 1. The van der Waals surface area contributed by atoms with Crippen LogP contribution in [0.5, 0.6) is 11.5 Å². The third-order valence-electron chi connectivity index (χ3n) is 4.37. The fourth-order valence-electron chi connectivity index (χ4n) is 2.94. The number of hydrogen-bond donors (Lipinski definition) is 1. The number of methoxy groups -OCH3 is 1. The fourth-order valence-corrected chi connectivity index (χ4v) is 2.94. The normalized spacial score (nSPS) is 10.7. The van der Waals surface area contributed by atoms with Crippen LogP contribution in [-0.4, -0.2) is 27.0 Å². The van der Waals surface area contributed by atoms with E-state index in [1.54, 1.807) is 19.4 Å². The number of halogens is 1. The van der Waals surface area contributed by atoms with E-state index >= 15 is 0 Å². The number of H-pyrrole nitrogens is 1. The molecule has 0 aliphatic heterocycles. The van der Waals surface area contributed by atoms with Gasteiger partial charge in [-0.05, 0) is 43.3 Å². The van der Waals surface area contributed by atoms with Crippen molar-refractivity contribution in [2.45, 2.75) is 13.5 Å². The molecule has 0 aliphatic carbocycles. The molecule has 1 N–H and O–H groups in total. The minimum absolute atomic E-state index is 0.371. The lowest BCUT2D eigenvalue weighted by Gasteiger charge is -2.11. The summed E-state index contributed by atoms with van der Waals surface area (Å²) in [6.45, 7) is 2.32. The van der Waals surface area contributed by atoms with Crippen LogP contribution in [0.25, 0.3) is 22.6 Å². The highest BCUT2D eigenvalue weighted by atomic mass is 19.1. The molecule has 0 radical (unpaired) electrons. The number of nitrogens with zero attached hydrogens (tertiary/aromatic N) is 3. The Hall–Kier alpha value is -3.74. The summed E-state index contributed by atoms with van der Waals surface area (Å²) in [7, 11) is 1.60. The summed E-state index contributed by atoms with van der Waals surface area (Å²) in [5.74, 6) is 1.39. The van der Waals surface area contributed by atoms with Crippen molar-refractivity contribution in [2.24, 2.45) is 0 Å². The zero-order chi connectivity index (χ0) is 20.2. The Labute approximate surface area is 167 Å². The molecule has 6 nitrogen and oxygen atoms in total. The second-order valence-corrected chi connectivity index (χ2v) is 6.44.